The highest BCUT2D eigenvalue weighted by Crippen LogP contribution is 2.75. The Labute approximate surface area is 205 Å². The van der Waals surface area contributed by atoms with E-state index in [0.717, 1.165) is 45.9 Å². The number of fused-ring (bicyclic) bond motifs is 2. The molecule has 12 heteroatoms. The SMILES string of the molecule is Cc1nc(C)c(Cn2c(=O)n(NC(=O)C34CC3C4)c(=O)c3cc(S(=O)(=O)NC4(C)CC4)ccc32)s1. The lowest BCUT2D eigenvalue weighted by Gasteiger charge is -2.16. The van der Waals surface area contributed by atoms with Crippen LogP contribution < -0.4 is 21.4 Å². The van der Waals surface area contributed by atoms with Crippen molar-refractivity contribution >= 4 is 38.2 Å². The van der Waals surface area contributed by atoms with Gasteiger partial charge < -0.3 is 0 Å². The highest BCUT2D eigenvalue weighted by atomic mass is 32.2. The van der Waals surface area contributed by atoms with Crippen LogP contribution in [0.1, 0.15) is 48.2 Å². The van der Waals surface area contributed by atoms with Crippen molar-refractivity contribution in [2.24, 2.45) is 11.3 Å². The molecule has 10 nitrogen and oxygen atoms in total. The maximum atomic E-state index is 13.5. The zero-order chi connectivity index (χ0) is 24.9. The third-order valence-corrected chi connectivity index (χ3v) is 10.1. The Morgan fingerprint density at radius 2 is 1.91 bits per heavy atom. The van der Waals surface area contributed by atoms with Crippen LogP contribution in [-0.2, 0) is 21.4 Å². The highest BCUT2D eigenvalue weighted by molar-refractivity contribution is 7.89. The molecular formula is C23H25N5O5S2. The number of nitrogens with zero attached hydrogens (tertiary/aromatic N) is 3. The molecule has 0 radical (unpaired) electrons. The molecular weight excluding hydrogens is 490 g/mol. The summed E-state index contributed by atoms with van der Waals surface area (Å²) < 4.78 is 30.7. The predicted molar refractivity (Wildman–Crippen MR) is 131 cm³/mol. The molecule has 0 atom stereocenters. The molecule has 3 aliphatic carbocycles. The lowest BCUT2D eigenvalue weighted by Crippen LogP contribution is -2.47. The Kier molecular flexibility index (Phi) is 4.60. The summed E-state index contributed by atoms with van der Waals surface area (Å²) in [5.74, 6) is -0.0140. The number of benzene rings is 1. The Hall–Kier alpha value is -2.83. The quantitative estimate of drug-likeness (QED) is 0.491. The maximum absolute atomic E-state index is 13.5. The maximum Gasteiger partial charge on any atom is 0.351 e. The molecule has 3 saturated carbocycles. The molecule has 6 rings (SSSR count). The number of sulfonamides is 1. The fourth-order valence-corrected chi connectivity index (χ4v) is 7.01. The Morgan fingerprint density at radius 3 is 2.49 bits per heavy atom. The van der Waals surface area contributed by atoms with Crippen molar-refractivity contribution in [2.45, 2.75) is 63.4 Å². The van der Waals surface area contributed by atoms with Gasteiger partial charge in [-0.1, -0.05) is 0 Å². The number of hydrogen-bond acceptors (Lipinski definition) is 7. The van der Waals surface area contributed by atoms with Gasteiger partial charge in [0.05, 0.1) is 38.5 Å². The highest BCUT2D eigenvalue weighted by Gasteiger charge is 2.74. The van der Waals surface area contributed by atoms with Gasteiger partial charge in [0.2, 0.25) is 15.9 Å². The fraction of sp³-hybridized carbons (Fsp3) is 0.478. The average molecular weight is 516 g/mol. The van der Waals surface area contributed by atoms with Crippen LogP contribution in [0.2, 0.25) is 0 Å². The Balaban J connectivity index is 1.51. The van der Waals surface area contributed by atoms with E-state index in [4.69, 9.17) is 0 Å². The molecule has 0 unspecified atom stereocenters. The Bertz CT molecular complexity index is 1660. The molecule has 1 amide bonds. The van der Waals surface area contributed by atoms with E-state index in [9.17, 15) is 22.8 Å². The molecule has 2 aromatic heterocycles. The first-order chi connectivity index (χ1) is 16.4. The molecule has 0 bridgehead atoms. The number of carbonyl (C=O) groups is 1. The number of nitrogens with one attached hydrogen (secondary N) is 2. The second-order valence-electron chi connectivity index (χ2n) is 10.3. The third-order valence-electron chi connectivity index (χ3n) is 7.45. The summed E-state index contributed by atoms with van der Waals surface area (Å²) >= 11 is 1.44. The molecule has 184 valence electrons. The lowest BCUT2D eigenvalue weighted by atomic mass is 10.2. The van der Waals surface area contributed by atoms with Crippen LogP contribution in [-0.4, -0.2) is 34.1 Å². The van der Waals surface area contributed by atoms with Gasteiger partial charge in [-0.2, -0.15) is 4.68 Å². The minimum Gasteiger partial charge on any atom is -0.286 e. The van der Waals surface area contributed by atoms with E-state index >= 15 is 0 Å². The van der Waals surface area contributed by atoms with Crippen molar-refractivity contribution in [2.75, 3.05) is 5.43 Å². The van der Waals surface area contributed by atoms with Gasteiger partial charge in [-0.25, -0.2) is 22.9 Å². The smallest absolute Gasteiger partial charge is 0.286 e. The van der Waals surface area contributed by atoms with Gasteiger partial charge in [0.25, 0.3) is 5.56 Å². The van der Waals surface area contributed by atoms with Gasteiger partial charge in [0, 0.05) is 10.4 Å². The molecule has 0 aliphatic heterocycles. The van der Waals surface area contributed by atoms with E-state index in [0.29, 0.717) is 11.4 Å². The Morgan fingerprint density at radius 1 is 1.23 bits per heavy atom. The number of carbonyl (C=O) groups excluding carboxylic acids is 1. The molecule has 3 aromatic rings. The summed E-state index contributed by atoms with van der Waals surface area (Å²) in [6.07, 6.45) is 3.02. The zero-order valence-electron chi connectivity index (χ0n) is 19.5. The summed E-state index contributed by atoms with van der Waals surface area (Å²) in [5, 5.41) is 0.880. The van der Waals surface area contributed by atoms with E-state index in [1.807, 2.05) is 20.8 Å². The lowest BCUT2D eigenvalue weighted by molar-refractivity contribution is -0.120. The van der Waals surface area contributed by atoms with E-state index in [-0.39, 0.29) is 22.7 Å². The third kappa shape index (κ3) is 3.66. The molecule has 2 N–H and O–H groups in total. The molecule has 2 heterocycles. The van der Waals surface area contributed by atoms with Crippen molar-refractivity contribution in [1.29, 1.82) is 0 Å². The molecule has 35 heavy (non-hydrogen) atoms. The summed E-state index contributed by atoms with van der Waals surface area (Å²) in [6, 6.07) is 4.16. The zero-order valence-corrected chi connectivity index (χ0v) is 21.2. The first kappa shape index (κ1) is 22.6. The van der Waals surface area contributed by atoms with Crippen molar-refractivity contribution in [3.05, 3.63) is 54.6 Å². The minimum atomic E-state index is -3.87. The monoisotopic (exact) mass is 515 g/mol. The van der Waals surface area contributed by atoms with Crippen molar-refractivity contribution in [3.63, 3.8) is 0 Å². The van der Waals surface area contributed by atoms with Crippen LogP contribution in [0.5, 0.6) is 0 Å². The molecule has 3 fully saturated rings. The largest absolute Gasteiger partial charge is 0.351 e. The van der Waals surface area contributed by atoms with Crippen LogP contribution in [0.25, 0.3) is 10.9 Å². The minimum absolute atomic E-state index is 0.0354. The fourth-order valence-electron chi connectivity index (χ4n) is 4.59. The van der Waals surface area contributed by atoms with E-state index in [1.54, 1.807) is 0 Å². The predicted octanol–water partition coefficient (Wildman–Crippen LogP) is 1.60. The van der Waals surface area contributed by atoms with Crippen LogP contribution in [0.3, 0.4) is 0 Å². The number of aryl methyl sites for hydroxylation is 2. The summed E-state index contributed by atoms with van der Waals surface area (Å²) in [6.45, 7) is 5.68. The molecule has 0 saturated heterocycles. The molecule has 0 spiro atoms. The van der Waals surface area contributed by atoms with Crippen molar-refractivity contribution in [1.82, 2.24) is 18.9 Å². The first-order valence-corrected chi connectivity index (χ1v) is 13.8. The number of thiazole rings is 1. The van der Waals surface area contributed by atoms with Gasteiger partial charge in [-0.15, -0.1) is 11.3 Å². The van der Waals surface area contributed by atoms with E-state index < -0.39 is 32.2 Å². The number of hydrogen-bond donors (Lipinski definition) is 2. The van der Waals surface area contributed by atoms with Crippen LogP contribution in [0.15, 0.2) is 32.7 Å². The van der Waals surface area contributed by atoms with Crippen molar-refractivity contribution < 1.29 is 13.2 Å². The standard InChI is InChI=1S/C23H25N5O5S2/c1-12-18(34-13(2)24-12)11-27-17-5-4-15(35(32,33)26-22(3)6-7-22)8-16(17)19(29)28(21(27)31)25-20(30)23-9-14(23)10-23/h4-5,8,14,26H,6-7,9-11H2,1-3H3,(H,25,30). The second kappa shape index (κ2) is 7.11. The van der Waals surface area contributed by atoms with Crippen LogP contribution in [0.4, 0.5) is 0 Å². The van der Waals surface area contributed by atoms with Gasteiger partial charge in [-0.3, -0.25) is 19.6 Å². The average Bonchev–Trinajstić information content (AvgIpc) is 3.70. The summed E-state index contributed by atoms with van der Waals surface area (Å²) in [7, 11) is -3.87. The number of aromatic nitrogens is 3. The second-order valence-corrected chi connectivity index (χ2v) is 13.3. The van der Waals surface area contributed by atoms with Gasteiger partial charge >= 0.3 is 5.69 Å². The van der Waals surface area contributed by atoms with E-state index in [1.165, 1.54) is 34.1 Å². The number of amides is 1. The topological polar surface area (TPSA) is 132 Å². The van der Waals surface area contributed by atoms with Crippen molar-refractivity contribution in [3.8, 4) is 0 Å². The summed E-state index contributed by atoms with van der Waals surface area (Å²) in [4.78, 5) is 44.8. The van der Waals surface area contributed by atoms with E-state index in [2.05, 4.69) is 15.1 Å². The molecule has 1 aromatic carbocycles. The molecule has 3 aliphatic rings. The van der Waals surface area contributed by atoms with Crippen LogP contribution >= 0.6 is 11.3 Å². The normalized spacial score (nSPS) is 23.7. The number of rotatable bonds is 7. The van der Waals surface area contributed by atoms with Gasteiger partial charge in [0.1, 0.15) is 0 Å². The first-order valence-electron chi connectivity index (χ1n) is 11.5. The van der Waals surface area contributed by atoms with Gasteiger partial charge in [-0.05, 0) is 70.6 Å². The van der Waals surface area contributed by atoms with Gasteiger partial charge in [0.15, 0.2) is 0 Å². The van der Waals surface area contributed by atoms with Crippen LogP contribution in [0, 0.1) is 25.2 Å². The summed E-state index contributed by atoms with van der Waals surface area (Å²) in [5.41, 5.74) is 1.21.